The Morgan fingerprint density at radius 1 is 1.35 bits per heavy atom. The molecule has 0 bridgehead atoms. The number of carboxylic acids is 1. The van der Waals surface area contributed by atoms with E-state index in [1.807, 2.05) is 0 Å². The fourth-order valence-corrected chi connectivity index (χ4v) is 2.44. The topological polar surface area (TPSA) is 86.7 Å². The molecule has 1 aliphatic rings. The molecule has 1 saturated heterocycles. The van der Waals surface area contributed by atoms with Gasteiger partial charge in [0.15, 0.2) is 0 Å². The molecule has 0 aromatic heterocycles. The molecular formula is C13H13IN2O4. The summed E-state index contributed by atoms with van der Waals surface area (Å²) in [5, 5.41) is 11.5. The second kappa shape index (κ2) is 6.21. The van der Waals surface area contributed by atoms with Gasteiger partial charge in [-0.3, -0.25) is 14.4 Å². The van der Waals surface area contributed by atoms with Crippen LogP contribution in [-0.2, 0) is 9.59 Å². The van der Waals surface area contributed by atoms with Crippen molar-refractivity contribution in [2.75, 3.05) is 13.1 Å². The van der Waals surface area contributed by atoms with E-state index in [9.17, 15) is 14.4 Å². The van der Waals surface area contributed by atoms with E-state index in [1.165, 1.54) is 4.90 Å². The van der Waals surface area contributed by atoms with Crippen LogP contribution >= 0.6 is 22.6 Å². The van der Waals surface area contributed by atoms with Gasteiger partial charge in [-0.15, -0.1) is 0 Å². The number of carboxylic acid groups (broad SMARTS) is 1. The van der Waals surface area contributed by atoms with Crippen LogP contribution in [0.3, 0.4) is 0 Å². The van der Waals surface area contributed by atoms with E-state index in [-0.39, 0.29) is 12.3 Å². The molecule has 1 fully saturated rings. The van der Waals surface area contributed by atoms with E-state index in [1.54, 1.807) is 24.3 Å². The number of aliphatic carboxylic acids is 1. The Kier molecular flexibility index (Phi) is 4.58. The number of piperazine rings is 1. The Hall–Kier alpha value is -1.64. The number of amides is 2. The van der Waals surface area contributed by atoms with Gasteiger partial charge < -0.3 is 15.3 Å². The highest BCUT2D eigenvalue weighted by Crippen LogP contribution is 2.15. The lowest BCUT2D eigenvalue weighted by Crippen LogP contribution is -2.57. The van der Waals surface area contributed by atoms with Crippen LogP contribution in [0.1, 0.15) is 16.8 Å². The van der Waals surface area contributed by atoms with E-state index < -0.39 is 17.9 Å². The molecule has 0 aliphatic carbocycles. The van der Waals surface area contributed by atoms with Crippen molar-refractivity contribution < 1.29 is 19.5 Å². The Morgan fingerprint density at radius 3 is 2.60 bits per heavy atom. The minimum atomic E-state index is -1.10. The molecule has 0 saturated carbocycles. The lowest BCUT2D eigenvalue weighted by Gasteiger charge is -2.34. The molecule has 1 atom stereocenters. The molecule has 2 rings (SSSR count). The van der Waals surface area contributed by atoms with Crippen molar-refractivity contribution in [2.24, 2.45) is 0 Å². The second-order valence-electron chi connectivity index (χ2n) is 4.41. The van der Waals surface area contributed by atoms with Crippen LogP contribution in [0.5, 0.6) is 0 Å². The number of nitrogens with one attached hydrogen (secondary N) is 1. The molecular weight excluding hydrogens is 375 g/mol. The third kappa shape index (κ3) is 3.27. The molecule has 1 aromatic carbocycles. The summed E-state index contributed by atoms with van der Waals surface area (Å²) in [6.45, 7) is 0.652. The zero-order valence-corrected chi connectivity index (χ0v) is 12.7. The normalized spacial score (nSPS) is 18.6. The van der Waals surface area contributed by atoms with E-state index in [0.717, 1.165) is 3.57 Å². The van der Waals surface area contributed by atoms with Crippen LogP contribution in [0, 0.1) is 3.57 Å². The summed E-state index contributed by atoms with van der Waals surface area (Å²) in [6.07, 6.45) is -0.387. The zero-order chi connectivity index (χ0) is 14.7. The monoisotopic (exact) mass is 388 g/mol. The van der Waals surface area contributed by atoms with Crippen molar-refractivity contribution >= 4 is 40.4 Å². The van der Waals surface area contributed by atoms with Gasteiger partial charge in [-0.1, -0.05) is 0 Å². The van der Waals surface area contributed by atoms with Gasteiger partial charge in [-0.05, 0) is 46.9 Å². The van der Waals surface area contributed by atoms with Gasteiger partial charge >= 0.3 is 5.97 Å². The maximum Gasteiger partial charge on any atom is 0.305 e. The fraction of sp³-hybridized carbons (Fsp3) is 0.308. The summed E-state index contributed by atoms with van der Waals surface area (Å²) in [5.74, 6) is -1.84. The number of benzene rings is 1. The molecule has 2 N–H and O–H groups in total. The minimum Gasteiger partial charge on any atom is -0.481 e. The summed E-state index contributed by atoms with van der Waals surface area (Å²) in [6, 6.07) is 5.99. The van der Waals surface area contributed by atoms with Crippen LogP contribution in [0.4, 0.5) is 0 Å². The predicted octanol–water partition coefficient (Wildman–Crippen LogP) is 0.706. The van der Waals surface area contributed by atoms with Crippen molar-refractivity contribution in [3.05, 3.63) is 33.4 Å². The van der Waals surface area contributed by atoms with Gasteiger partial charge in [0.1, 0.15) is 6.04 Å². The van der Waals surface area contributed by atoms with Crippen molar-refractivity contribution in [2.45, 2.75) is 12.5 Å². The predicted molar refractivity (Wildman–Crippen MR) is 79.2 cm³/mol. The van der Waals surface area contributed by atoms with Gasteiger partial charge in [-0.2, -0.15) is 0 Å². The molecule has 1 heterocycles. The first-order valence-corrected chi connectivity index (χ1v) is 7.13. The van der Waals surface area contributed by atoms with E-state index in [0.29, 0.717) is 18.7 Å². The SMILES string of the molecule is O=C(O)CC1C(=O)NCCN1C(=O)c1ccc(I)cc1. The van der Waals surface area contributed by atoms with Crippen LogP contribution in [0.25, 0.3) is 0 Å². The number of halogens is 1. The number of carbonyl (C=O) groups is 3. The van der Waals surface area contributed by atoms with Crippen LogP contribution in [0.15, 0.2) is 24.3 Å². The van der Waals surface area contributed by atoms with Crippen LogP contribution in [0.2, 0.25) is 0 Å². The van der Waals surface area contributed by atoms with Crippen molar-refractivity contribution in [1.82, 2.24) is 10.2 Å². The maximum atomic E-state index is 12.4. The summed E-state index contributed by atoms with van der Waals surface area (Å²) < 4.78 is 0.998. The molecule has 1 aromatic rings. The first kappa shape index (κ1) is 14.8. The molecule has 106 valence electrons. The summed E-state index contributed by atoms with van der Waals surface area (Å²) in [5.41, 5.74) is 0.454. The summed E-state index contributed by atoms with van der Waals surface area (Å²) in [4.78, 5) is 36.3. The first-order chi connectivity index (χ1) is 9.49. The highest BCUT2D eigenvalue weighted by Gasteiger charge is 2.34. The number of hydrogen-bond donors (Lipinski definition) is 2. The molecule has 2 amide bonds. The molecule has 6 nitrogen and oxygen atoms in total. The highest BCUT2D eigenvalue weighted by atomic mass is 127. The first-order valence-electron chi connectivity index (χ1n) is 6.05. The standard InChI is InChI=1S/C13H13IN2O4/c14-9-3-1-8(2-4-9)13(20)16-6-5-15-12(19)10(16)7-11(17)18/h1-4,10H,5-7H2,(H,15,19)(H,17,18). The minimum absolute atomic E-state index is 0.314. The van der Waals surface area contributed by atoms with E-state index in [4.69, 9.17) is 5.11 Å². The second-order valence-corrected chi connectivity index (χ2v) is 5.66. The van der Waals surface area contributed by atoms with Crippen LogP contribution in [-0.4, -0.2) is 46.9 Å². The molecule has 0 radical (unpaired) electrons. The highest BCUT2D eigenvalue weighted by molar-refractivity contribution is 14.1. The van der Waals surface area contributed by atoms with Crippen molar-refractivity contribution in [3.8, 4) is 0 Å². The Labute approximate surface area is 129 Å². The number of nitrogens with zero attached hydrogens (tertiary/aromatic N) is 1. The third-order valence-corrected chi connectivity index (χ3v) is 3.77. The molecule has 20 heavy (non-hydrogen) atoms. The smallest absolute Gasteiger partial charge is 0.305 e. The molecule has 0 spiro atoms. The van der Waals surface area contributed by atoms with E-state index in [2.05, 4.69) is 27.9 Å². The Morgan fingerprint density at radius 2 is 2.00 bits per heavy atom. The van der Waals surface area contributed by atoms with Gasteiger partial charge in [0.05, 0.1) is 6.42 Å². The maximum absolute atomic E-state index is 12.4. The fourth-order valence-electron chi connectivity index (χ4n) is 2.08. The van der Waals surface area contributed by atoms with Gasteiger partial charge in [-0.25, -0.2) is 0 Å². The Balaban J connectivity index is 2.23. The largest absolute Gasteiger partial charge is 0.481 e. The number of rotatable bonds is 3. The quantitative estimate of drug-likeness (QED) is 0.747. The van der Waals surface area contributed by atoms with Crippen LogP contribution < -0.4 is 5.32 Å². The summed E-state index contributed by atoms with van der Waals surface area (Å²) in [7, 11) is 0. The summed E-state index contributed by atoms with van der Waals surface area (Å²) >= 11 is 2.13. The zero-order valence-electron chi connectivity index (χ0n) is 10.5. The number of hydrogen-bond acceptors (Lipinski definition) is 3. The lowest BCUT2D eigenvalue weighted by atomic mass is 10.1. The van der Waals surface area contributed by atoms with Gasteiger partial charge in [0.25, 0.3) is 5.91 Å². The van der Waals surface area contributed by atoms with Crippen molar-refractivity contribution in [1.29, 1.82) is 0 Å². The average molecular weight is 388 g/mol. The van der Waals surface area contributed by atoms with E-state index >= 15 is 0 Å². The Bertz CT molecular complexity index is 544. The average Bonchev–Trinajstić information content (AvgIpc) is 2.41. The lowest BCUT2D eigenvalue weighted by molar-refractivity contribution is -0.142. The molecule has 1 unspecified atom stereocenters. The van der Waals surface area contributed by atoms with Crippen molar-refractivity contribution in [3.63, 3.8) is 0 Å². The molecule has 1 aliphatic heterocycles. The molecule has 7 heteroatoms. The number of carbonyl (C=O) groups excluding carboxylic acids is 2. The van der Waals surface area contributed by atoms with Gasteiger partial charge in [0, 0.05) is 22.2 Å². The van der Waals surface area contributed by atoms with Gasteiger partial charge in [0.2, 0.25) is 5.91 Å². The third-order valence-electron chi connectivity index (χ3n) is 3.05.